The Balaban J connectivity index is 2.12. The van der Waals surface area contributed by atoms with E-state index in [-0.39, 0.29) is 7.12 Å². The Bertz CT molecular complexity index is 73.4. The zero-order valence-corrected chi connectivity index (χ0v) is 5.72. The van der Waals surface area contributed by atoms with Crippen LogP contribution in [0.5, 0.6) is 0 Å². The average molecular weight is 129 g/mol. The fourth-order valence-corrected chi connectivity index (χ4v) is 0.767. The maximum atomic E-state index is 5.20. The molecule has 0 saturated carbocycles. The molecule has 0 atom stereocenters. The highest BCUT2D eigenvalue weighted by Crippen LogP contribution is 1.89. The topological polar surface area (TPSA) is 30.5 Å². The van der Waals surface area contributed by atoms with Crippen molar-refractivity contribution in [3.05, 3.63) is 0 Å². The van der Waals surface area contributed by atoms with Crippen LogP contribution in [0.2, 0.25) is 6.82 Å². The first-order valence-corrected chi connectivity index (χ1v) is 3.33. The summed E-state index contributed by atoms with van der Waals surface area (Å²) in [4.78, 5) is 0. The van der Waals surface area contributed by atoms with E-state index in [2.05, 4.69) is 5.32 Å². The first-order valence-electron chi connectivity index (χ1n) is 3.33. The van der Waals surface area contributed by atoms with Gasteiger partial charge in [0.15, 0.2) is 0 Å². The SMILES string of the molecule is CB1OCCNCCO1. The van der Waals surface area contributed by atoms with Crippen molar-refractivity contribution >= 4 is 7.12 Å². The minimum atomic E-state index is -0.0212. The van der Waals surface area contributed by atoms with Crippen molar-refractivity contribution in [3.8, 4) is 0 Å². The second kappa shape index (κ2) is 3.87. The highest BCUT2D eigenvalue weighted by molar-refractivity contribution is 6.42. The summed E-state index contributed by atoms with van der Waals surface area (Å²) in [5.41, 5.74) is 0. The molecular formula is C5H12BNO2. The molecule has 0 aromatic heterocycles. The summed E-state index contributed by atoms with van der Waals surface area (Å²) in [6.45, 7) is 5.30. The second-order valence-electron chi connectivity index (χ2n) is 2.06. The van der Waals surface area contributed by atoms with E-state index in [9.17, 15) is 0 Å². The molecule has 1 N–H and O–H groups in total. The third-order valence-electron chi connectivity index (χ3n) is 1.26. The molecular weight excluding hydrogens is 117 g/mol. The highest BCUT2D eigenvalue weighted by atomic mass is 16.6. The largest absolute Gasteiger partial charge is 0.453 e. The lowest BCUT2D eigenvalue weighted by Crippen LogP contribution is -2.33. The molecule has 0 aromatic carbocycles. The zero-order chi connectivity index (χ0) is 6.53. The van der Waals surface area contributed by atoms with E-state index in [1.165, 1.54) is 0 Å². The first kappa shape index (κ1) is 7.06. The molecule has 0 radical (unpaired) electrons. The third-order valence-corrected chi connectivity index (χ3v) is 1.26. The van der Waals surface area contributed by atoms with E-state index in [4.69, 9.17) is 9.31 Å². The van der Waals surface area contributed by atoms with Crippen molar-refractivity contribution in [3.63, 3.8) is 0 Å². The number of hydrogen-bond donors (Lipinski definition) is 1. The van der Waals surface area contributed by atoms with Crippen LogP contribution in [-0.2, 0) is 9.31 Å². The highest BCUT2D eigenvalue weighted by Gasteiger charge is 2.10. The van der Waals surface area contributed by atoms with Crippen LogP contribution < -0.4 is 5.32 Å². The Labute approximate surface area is 55.9 Å². The van der Waals surface area contributed by atoms with Crippen molar-refractivity contribution in [2.75, 3.05) is 26.3 Å². The van der Waals surface area contributed by atoms with Gasteiger partial charge >= 0.3 is 7.12 Å². The van der Waals surface area contributed by atoms with Gasteiger partial charge in [-0.05, 0) is 6.82 Å². The van der Waals surface area contributed by atoms with Gasteiger partial charge in [0.1, 0.15) is 0 Å². The monoisotopic (exact) mass is 129 g/mol. The molecule has 0 bridgehead atoms. The van der Waals surface area contributed by atoms with Gasteiger partial charge in [0.2, 0.25) is 0 Å². The number of nitrogens with one attached hydrogen (secondary N) is 1. The molecule has 1 aliphatic rings. The summed E-state index contributed by atoms with van der Waals surface area (Å²) in [6.07, 6.45) is 0. The Morgan fingerprint density at radius 1 is 1.22 bits per heavy atom. The molecule has 1 heterocycles. The Morgan fingerprint density at radius 2 is 1.78 bits per heavy atom. The molecule has 52 valence electrons. The second-order valence-corrected chi connectivity index (χ2v) is 2.06. The summed E-state index contributed by atoms with van der Waals surface area (Å²) in [5.74, 6) is 0. The molecule has 1 saturated heterocycles. The van der Waals surface area contributed by atoms with Crippen molar-refractivity contribution in [2.45, 2.75) is 6.82 Å². The van der Waals surface area contributed by atoms with Gasteiger partial charge in [0, 0.05) is 26.3 Å². The molecule has 9 heavy (non-hydrogen) atoms. The van der Waals surface area contributed by atoms with Gasteiger partial charge in [-0.25, -0.2) is 0 Å². The normalized spacial score (nSPS) is 23.0. The summed E-state index contributed by atoms with van der Waals surface area (Å²) < 4.78 is 10.4. The van der Waals surface area contributed by atoms with E-state index in [0.29, 0.717) is 0 Å². The third kappa shape index (κ3) is 2.84. The fourth-order valence-electron chi connectivity index (χ4n) is 0.767. The van der Waals surface area contributed by atoms with Gasteiger partial charge in [-0.2, -0.15) is 0 Å². The maximum absolute atomic E-state index is 5.20. The van der Waals surface area contributed by atoms with E-state index >= 15 is 0 Å². The Kier molecular flexibility index (Phi) is 3.04. The average Bonchev–Trinajstić information content (AvgIpc) is 1.79. The van der Waals surface area contributed by atoms with Gasteiger partial charge in [0.05, 0.1) is 0 Å². The maximum Gasteiger partial charge on any atom is 0.453 e. The minimum Gasteiger partial charge on any atom is -0.410 e. The van der Waals surface area contributed by atoms with Crippen LogP contribution in [-0.4, -0.2) is 33.4 Å². The van der Waals surface area contributed by atoms with Crippen LogP contribution in [0.15, 0.2) is 0 Å². The van der Waals surface area contributed by atoms with Crippen LogP contribution in [0.25, 0.3) is 0 Å². The lowest BCUT2D eigenvalue weighted by molar-refractivity contribution is 0.182. The van der Waals surface area contributed by atoms with Crippen LogP contribution in [0.1, 0.15) is 0 Å². The molecule has 1 aliphatic heterocycles. The molecule has 0 aromatic rings. The molecule has 0 spiro atoms. The van der Waals surface area contributed by atoms with Gasteiger partial charge in [-0.15, -0.1) is 0 Å². The van der Waals surface area contributed by atoms with Gasteiger partial charge in [0.25, 0.3) is 0 Å². The molecule has 0 aliphatic carbocycles. The Morgan fingerprint density at radius 3 is 2.33 bits per heavy atom. The van der Waals surface area contributed by atoms with Crippen molar-refractivity contribution in [2.24, 2.45) is 0 Å². The lowest BCUT2D eigenvalue weighted by Gasteiger charge is -2.14. The molecule has 4 heteroatoms. The molecule has 0 amide bonds. The minimum absolute atomic E-state index is 0.0212. The first-order chi connectivity index (χ1) is 4.39. The van der Waals surface area contributed by atoms with Crippen molar-refractivity contribution in [1.29, 1.82) is 0 Å². The van der Waals surface area contributed by atoms with Crippen LogP contribution in [0.3, 0.4) is 0 Å². The summed E-state index contributed by atoms with van der Waals surface area (Å²) in [7, 11) is -0.0212. The van der Waals surface area contributed by atoms with Crippen molar-refractivity contribution in [1.82, 2.24) is 5.32 Å². The van der Waals surface area contributed by atoms with E-state index < -0.39 is 0 Å². The fraction of sp³-hybridized carbons (Fsp3) is 1.00. The van der Waals surface area contributed by atoms with Gasteiger partial charge in [-0.1, -0.05) is 0 Å². The molecule has 0 unspecified atom stereocenters. The zero-order valence-electron chi connectivity index (χ0n) is 5.72. The van der Waals surface area contributed by atoms with Crippen LogP contribution in [0.4, 0.5) is 0 Å². The predicted octanol–water partition coefficient (Wildman–Crippen LogP) is -0.259. The summed E-state index contributed by atoms with van der Waals surface area (Å²) in [6, 6.07) is 0. The standard InChI is InChI=1S/C5H12BNO2/c1-6-8-4-2-7-3-5-9-6/h7H,2-5H2,1H3. The van der Waals surface area contributed by atoms with Gasteiger partial charge < -0.3 is 14.6 Å². The van der Waals surface area contributed by atoms with Gasteiger partial charge in [-0.3, -0.25) is 0 Å². The summed E-state index contributed by atoms with van der Waals surface area (Å²) in [5, 5.41) is 3.16. The molecule has 3 nitrogen and oxygen atoms in total. The quantitative estimate of drug-likeness (QED) is 0.457. The number of hydrogen-bond acceptors (Lipinski definition) is 3. The van der Waals surface area contributed by atoms with E-state index in [1.807, 2.05) is 6.82 Å². The number of rotatable bonds is 0. The molecule has 1 rings (SSSR count). The smallest absolute Gasteiger partial charge is 0.410 e. The molecule has 1 fully saturated rings. The lowest BCUT2D eigenvalue weighted by atomic mass is 9.95. The summed E-state index contributed by atoms with van der Waals surface area (Å²) >= 11 is 0. The van der Waals surface area contributed by atoms with Crippen molar-refractivity contribution < 1.29 is 9.31 Å². The van der Waals surface area contributed by atoms with Crippen LogP contribution in [0, 0.1) is 0 Å². The van der Waals surface area contributed by atoms with E-state index in [0.717, 1.165) is 26.3 Å². The Hall–Kier alpha value is -0.0551. The van der Waals surface area contributed by atoms with E-state index in [1.54, 1.807) is 0 Å². The predicted molar refractivity (Wildman–Crippen MR) is 36.4 cm³/mol. The van der Waals surface area contributed by atoms with Crippen LogP contribution >= 0.6 is 0 Å².